The van der Waals surface area contributed by atoms with Crippen LogP contribution in [0.5, 0.6) is 0 Å². The number of hydrogen-bond donors (Lipinski definition) is 1. The predicted octanol–water partition coefficient (Wildman–Crippen LogP) is 1.82. The van der Waals surface area contributed by atoms with Gasteiger partial charge in [0.25, 0.3) is 0 Å². The molecule has 2 atom stereocenters. The first kappa shape index (κ1) is 12.9. The molecule has 0 bridgehead atoms. The number of rotatable bonds is 7. The van der Waals surface area contributed by atoms with Crippen LogP contribution >= 0.6 is 0 Å². The Morgan fingerprint density at radius 2 is 2.13 bits per heavy atom. The minimum atomic E-state index is 0.397. The maximum Gasteiger partial charge on any atom is 0.0715 e. The van der Waals surface area contributed by atoms with Crippen LogP contribution in [0.15, 0.2) is 0 Å². The molecule has 1 rings (SSSR count). The first-order valence-corrected chi connectivity index (χ1v) is 6.15. The molecule has 0 aromatic carbocycles. The number of ether oxygens (including phenoxy) is 2. The van der Waals surface area contributed by atoms with Crippen molar-refractivity contribution in [3.05, 3.63) is 0 Å². The zero-order valence-electron chi connectivity index (χ0n) is 10.3. The highest BCUT2D eigenvalue weighted by Crippen LogP contribution is 2.16. The molecule has 1 N–H and O–H groups in total. The van der Waals surface area contributed by atoms with E-state index in [9.17, 15) is 0 Å². The molecule has 1 aliphatic heterocycles. The molecule has 3 heteroatoms. The molecule has 1 fully saturated rings. The minimum Gasteiger partial charge on any atom is -0.379 e. The van der Waals surface area contributed by atoms with E-state index in [4.69, 9.17) is 9.47 Å². The Hall–Kier alpha value is -0.120. The van der Waals surface area contributed by atoms with Gasteiger partial charge in [0, 0.05) is 19.2 Å². The lowest BCUT2D eigenvalue weighted by molar-refractivity contribution is 0.0151. The predicted molar refractivity (Wildman–Crippen MR) is 62.1 cm³/mol. The third-order valence-corrected chi connectivity index (χ3v) is 2.72. The molecule has 1 aliphatic rings. The van der Waals surface area contributed by atoms with E-state index in [0.717, 1.165) is 38.7 Å². The van der Waals surface area contributed by atoms with Gasteiger partial charge in [-0.05, 0) is 25.7 Å². The van der Waals surface area contributed by atoms with Gasteiger partial charge in [-0.25, -0.2) is 0 Å². The molecule has 1 saturated heterocycles. The maximum atomic E-state index is 5.73. The third-order valence-electron chi connectivity index (χ3n) is 2.72. The van der Waals surface area contributed by atoms with E-state index in [1.54, 1.807) is 0 Å². The molecule has 0 spiro atoms. The van der Waals surface area contributed by atoms with Gasteiger partial charge in [-0.3, -0.25) is 0 Å². The van der Waals surface area contributed by atoms with Crippen LogP contribution in [0.1, 0.15) is 33.6 Å². The van der Waals surface area contributed by atoms with E-state index in [-0.39, 0.29) is 0 Å². The van der Waals surface area contributed by atoms with Crippen LogP contribution in [0.3, 0.4) is 0 Å². The smallest absolute Gasteiger partial charge is 0.0715 e. The quantitative estimate of drug-likeness (QED) is 0.657. The number of hydrogen-bond acceptors (Lipinski definition) is 3. The molecule has 0 radical (unpaired) electrons. The van der Waals surface area contributed by atoms with E-state index in [1.165, 1.54) is 6.42 Å². The van der Waals surface area contributed by atoms with Gasteiger partial charge in [0.2, 0.25) is 0 Å². The van der Waals surface area contributed by atoms with E-state index >= 15 is 0 Å². The summed E-state index contributed by atoms with van der Waals surface area (Å²) in [6.07, 6.45) is 2.81. The summed E-state index contributed by atoms with van der Waals surface area (Å²) in [5, 5.41) is 3.51. The van der Waals surface area contributed by atoms with Crippen molar-refractivity contribution in [3.8, 4) is 0 Å². The molecule has 0 unspecified atom stereocenters. The fourth-order valence-electron chi connectivity index (χ4n) is 2.08. The Morgan fingerprint density at radius 1 is 1.33 bits per heavy atom. The molecule has 0 aromatic rings. The highest BCUT2D eigenvalue weighted by Gasteiger charge is 2.24. The van der Waals surface area contributed by atoms with Gasteiger partial charge in [-0.15, -0.1) is 0 Å². The van der Waals surface area contributed by atoms with E-state index in [1.807, 2.05) is 6.92 Å². The highest BCUT2D eigenvalue weighted by atomic mass is 16.5. The largest absolute Gasteiger partial charge is 0.379 e. The van der Waals surface area contributed by atoms with Crippen LogP contribution in [-0.4, -0.2) is 38.5 Å². The fraction of sp³-hybridized carbons (Fsp3) is 1.00. The topological polar surface area (TPSA) is 30.5 Å². The van der Waals surface area contributed by atoms with Crippen LogP contribution in [-0.2, 0) is 9.47 Å². The first-order chi connectivity index (χ1) is 7.22. The molecule has 0 saturated carbocycles. The third kappa shape index (κ3) is 5.50. The zero-order chi connectivity index (χ0) is 11.1. The van der Waals surface area contributed by atoms with Gasteiger partial charge in [-0.2, -0.15) is 0 Å². The first-order valence-electron chi connectivity index (χ1n) is 6.15. The molecule has 1 heterocycles. The standard InChI is InChI=1S/C12H25NO2/c1-4-14-5-6-15-12-8-11(13-9-12)7-10(2)3/h10-13H,4-9H2,1-3H3/t11-,12+/m1/s1. The second-order valence-corrected chi connectivity index (χ2v) is 4.66. The Labute approximate surface area is 93.5 Å². The van der Waals surface area contributed by atoms with Crippen molar-refractivity contribution in [2.24, 2.45) is 5.92 Å². The average Bonchev–Trinajstić information content (AvgIpc) is 2.59. The SMILES string of the molecule is CCOCCO[C@@H]1CN[C@H](CC(C)C)C1. The Balaban J connectivity index is 2.03. The van der Waals surface area contributed by atoms with Gasteiger partial charge in [0.15, 0.2) is 0 Å². The van der Waals surface area contributed by atoms with E-state index in [2.05, 4.69) is 19.2 Å². The average molecular weight is 215 g/mol. The summed E-state index contributed by atoms with van der Waals surface area (Å²) in [6, 6.07) is 0.655. The monoisotopic (exact) mass is 215 g/mol. The second-order valence-electron chi connectivity index (χ2n) is 4.66. The molecule has 0 aromatic heterocycles. The Morgan fingerprint density at radius 3 is 2.80 bits per heavy atom. The van der Waals surface area contributed by atoms with E-state index in [0.29, 0.717) is 12.1 Å². The fourth-order valence-corrected chi connectivity index (χ4v) is 2.08. The molecule has 3 nitrogen and oxygen atoms in total. The molecule has 90 valence electrons. The minimum absolute atomic E-state index is 0.397. The number of nitrogens with one attached hydrogen (secondary N) is 1. The van der Waals surface area contributed by atoms with Crippen LogP contribution in [0.4, 0.5) is 0 Å². The lowest BCUT2D eigenvalue weighted by Crippen LogP contribution is -2.23. The molecule has 0 amide bonds. The summed E-state index contributed by atoms with van der Waals surface area (Å²) >= 11 is 0. The lowest BCUT2D eigenvalue weighted by atomic mass is 10.0. The summed E-state index contributed by atoms with van der Waals surface area (Å²) in [4.78, 5) is 0. The van der Waals surface area contributed by atoms with Gasteiger partial charge in [0.1, 0.15) is 0 Å². The van der Waals surface area contributed by atoms with Crippen molar-refractivity contribution in [1.82, 2.24) is 5.32 Å². The van der Waals surface area contributed by atoms with Crippen molar-refractivity contribution in [2.75, 3.05) is 26.4 Å². The summed E-state index contributed by atoms with van der Waals surface area (Å²) in [5.41, 5.74) is 0. The van der Waals surface area contributed by atoms with Crippen LogP contribution in [0.25, 0.3) is 0 Å². The van der Waals surface area contributed by atoms with Crippen molar-refractivity contribution in [1.29, 1.82) is 0 Å². The Bertz CT molecular complexity index is 162. The molecular weight excluding hydrogens is 190 g/mol. The van der Waals surface area contributed by atoms with Gasteiger partial charge >= 0.3 is 0 Å². The Kier molecular flexibility index (Phi) is 6.22. The maximum absolute atomic E-state index is 5.73. The highest BCUT2D eigenvalue weighted by molar-refractivity contribution is 4.82. The normalized spacial score (nSPS) is 26.4. The van der Waals surface area contributed by atoms with Gasteiger partial charge < -0.3 is 14.8 Å². The summed E-state index contributed by atoms with van der Waals surface area (Å²) in [6.45, 7) is 9.79. The summed E-state index contributed by atoms with van der Waals surface area (Å²) in [7, 11) is 0. The van der Waals surface area contributed by atoms with E-state index < -0.39 is 0 Å². The van der Waals surface area contributed by atoms with Crippen LogP contribution < -0.4 is 5.32 Å². The van der Waals surface area contributed by atoms with Gasteiger partial charge in [-0.1, -0.05) is 13.8 Å². The zero-order valence-corrected chi connectivity index (χ0v) is 10.3. The molecule has 15 heavy (non-hydrogen) atoms. The molecular formula is C12H25NO2. The van der Waals surface area contributed by atoms with Gasteiger partial charge in [0.05, 0.1) is 19.3 Å². The van der Waals surface area contributed by atoms with Crippen molar-refractivity contribution < 1.29 is 9.47 Å². The lowest BCUT2D eigenvalue weighted by Gasteiger charge is -2.13. The summed E-state index contributed by atoms with van der Waals surface area (Å²) < 4.78 is 11.0. The van der Waals surface area contributed by atoms with Crippen molar-refractivity contribution >= 4 is 0 Å². The summed E-state index contributed by atoms with van der Waals surface area (Å²) in [5.74, 6) is 0.768. The van der Waals surface area contributed by atoms with Crippen LogP contribution in [0.2, 0.25) is 0 Å². The molecule has 0 aliphatic carbocycles. The van der Waals surface area contributed by atoms with Crippen LogP contribution in [0, 0.1) is 5.92 Å². The van der Waals surface area contributed by atoms with Crippen molar-refractivity contribution in [3.63, 3.8) is 0 Å². The van der Waals surface area contributed by atoms with Crippen molar-refractivity contribution in [2.45, 2.75) is 45.8 Å². The second kappa shape index (κ2) is 7.20.